The van der Waals surface area contributed by atoms with Crippen LogP contribution in [0.1, 0.15) is 24.0 Å². The van der Waals surface area contributed by atoms with E-state index in [4.69, 9.17) is 14.7 Å². The lowest BCUT2D eigenvalue weighted by Gasteiger charge is -2.14. The van der Waals surface area contributed by atoms with Crippen LogP contribution in [-0.4, -0.2) is 20.0 Å². The molecule has 0 bridgehead atoms. The van der Waals surface area contributed by atoms with Crippen molar-refractivity contribution in [2.75, 3.05) is 14.2 Å². The highest BCUT2D eigenvalue weighted by atomic mass is 16.5. The van der Waals surface area contributed by atoms with Crippen LogP contribution < -0.4 is 9.47 Å². The molecule has 90 valence electrons. The quantitative estimate of drug-likeness (QED) is 0.800. The summed E-state index contributed by atoms with van der Waals surface area (Å²) in [5.74, 6) is 0.182. The van der Waals surface area contributed by atoms with E-state index in [9.17, 15) is 4.79 Å². The number of benzene rings is 1. The Morgan fingerprint density at radius 1 is 1.29 bits per heavy atom. The Morgan fingerprint density at radius 3 is 2.24 bits per heavy atom. The van der Waals surface area contributed by atoms with Gasteiger partial charge < -0.3 is 9.47 Å². The first-order valence-corrected chi connectivity index (χ1v) is 5.17. The summed E-state index contributed by atoms with van der Waals surface area (Å²) in [4.78, 5) is 11.4. The molecule has 0 saturated carbocycles. The highest BCUT2D eigenvalue weighted by molar-refractivity contribution is 5.86. The van der Waals surface area contributed by atoms with Gasteiger partial charge in [0.05, 0.1) is 20.3 Å². The van der Waals surface area contributed by atoms with Gasteiger partial charge in [-0.25, -0.2) is 0 Å². The average molecular weight is 233 g/mol. The zero-order chi connectivity index (χ0) is 13.0. The van der Waals surface area contributed by atoms with E-state index < -0.39 is 5.92 Å². The van der Waals surface area contributed by atoms with Crippen molar-refractivity contribution in [1.29, 1.82) is 5.26 Å². The van der Waals surface area contributed by atoms with Crippen molar-refractivity contribution in [3.63, 3.8) is 0 Å². The van der Waals surface area contributed by atoms with Gasteiger partial charge in [-0.15, -0.1) is 0 Å². The molecule has 1 atom stereocenters. The van der Waals surface area contributed by atoms with Crippen LogP contribution in [-0.2, 0) is 4.79 Å². The first kappa shape index (κ1) is 13.0. The minimum absolute atomic E-state index is 0.178. The monoisotopic (exact) mass is 233 g/mol. The number of nitrogens with zero attached hydrogens (tertiary/aromatic N) is 1. The van der Waals surface area contributed by atoms with E-state index in [0.29, 0.717) is 17.1 Å². The third-order valence-corrected chi connectivity index (χ3v) is 2.62. The second-order valence-electron chi connectivity index (χ2n) is 3.74. The number of hydrogen-bond acceptors (Lipinski definition) is 4. The standard InChI is InChI=1S/C13H15NO3/c1-8-5-12(16-3)13(17-4)6-10(8)11(7-14)9(2)15/h5-6,11H,1-4H3/t11-/m1/s1. The number of carbonyl (C=O) groups is 1. The SMILES string of the molecule is COc1cc(C)c([C@H](C#N)C(C)=O)cc1OC. The predicted octanol–water partition coefficient (Wildman–Crippen LogP) is 2.21. The Bertz CT molecular complexity index is 474. The highest BCUT2D eigenvalue weighted by Gasteiger charge is 2.20. The average Bonchev–Trinajstić information content (AvgIpc) is 2.31. The second-order valence-corrected chi connectivity index (χ2v) is 3.74. The molecule has 1 aromatic rings. The van der Waals surface area contributed by atoms with E-state index in [0.717, 1.165) is 5.56 Å². The maximum absolute atomic E-state index is 11.4. The van der Waals surface area contributed by atoms with Crippen LogP contribution in [0.2, 0.25) is 0 Å². The van der Waals surface area contributed by atoms with Gasteiger partial charge in [-0.3, -0.25) is 4.79 Å². The molecule has 1 rings (SSSR count). The minimum Gasteiger partial charge on any atom is -0.493 e. The third-order valence-electron chi connectivity index (χ3n) is 2.62. The molecule has 0 aliphatic heterocycles. The number of ether oxygens (including phenoxy) is 2. The number of methoxy groups -OCH3 is 2. The lowest BCUT2D eigenvalue weighted by atomic mass is 9.92. The summed E-state index contributed by atoms with van der Waals surface area (Å²) >= 11 is 0. The zero-order valence-corrected chi connectivity index (χ0v) is 10.4. The number of rotatable bonds is 4. The van der Waals surface area contributed by atoms with Gasteiger partial charge in [-0.2, -0.15) is 5.26 Å². The number of Topliss-reactive ketones (excluding diaryl/α,β-unsaturated/α-hetero) is 1. The van der Waals surface area contributed by atoms with Crippen molar-refractivity contribution in [3.05, 3.63) is 23.3 Å². The van der Waals surface area contributed by atoms with Crippen molar-refractivity contribution in [2.24, 2.45) is 0 Å². The third kappa shape index (κ3) is 2.56. The molecule has 0 heterocycles. The zero-order valence-electron chi connectivity index (χ0n) is 10.4. The van der Waals surface area contributed by atoms with Gasteiger partial charge in [0.15, 0.2) is 17.3 Å². The summed E-state index contributed by atoms with van der Waals surface area (Å²) < 4.78 is 10.3. The summed E-state index contributed by atoms with van der Waals surface area (Å²) in [6, 6.07) is 5.45. The topological polar surface area (TPSA) is 59.3 Å². The Balaban J connectivity index is 3.35. The molecule has 0 unspecified atom stereocenters. The summed E-state index contributed by atoms with van der Waals surface area (Å²) in [5, 5.41) is 9.02. The summed E-state index contributed by atoms with van der Waals surface area (Å²) in [6.07, 6.45) is 0. The van der Waals surface area contributed by atoms with E-state index in [-0.39, 0.29) is 5.78 Å². The van der Waals surface area contributed by atoms with Crippen LogP contribution in [0.3, 0.4) is 0 Å². The smallest absolute Gasteiger partial charge is 0.161 e. The molecular weight excluding hydrogens is 218 g/mol. The molecule has 0 aliphatic rings. The van der Waals surface area contributed by atoms with Crippen LogP contribution in [0.4, 0.5) is 0 Å². The van der Waals surface area contributed by atoms with Crippen molar-refractivity contribution in [2.45, 2.75) is 19.8 Å². The fourth-order valence-corrected chi connectivity index (χ4v) is 1.69. The van der Waals surface area contributed by atoms with E-state index in [2.05, 4.69) is 0 Å². The lowest BCUT2D eigenvalue weighted by Crippen LogP contribution is -2.08. The largest absolute Gasteiger partial charge is 0.493 e. The first-order valence-electron chi connectivity index (χ1n) is 5.17. The second kappa shape index (κ2) is 5.35. The number of carbonyl (C=O) groups excluding carboxylic acids is 1. The molecule has 0 aromatic heterocycles. The van der Waals surface area contributed by atoms with Gasteiger partial charge in [0.25, 0.3) is 0 Å². The Labute approximate surface area is 101 Å². The molecule has 17 heavy (non-hydrogen) atoms. The molecule has 0 fully saturated rings. The number of nitriles is 1. The van der Waals surface area contributed by atoms with Crippen LogP contribution in [0.25, 0.3) is 0 Å². The Morgan fingerprint density at radius 2 is 1.82 bits per heavy atom. The number of ketones is 1. The number of hydrogen-bond donors (Lipinski definition) is 0. The van der Waals surface area contributed by atoms with Crippen molar-refractivity contribution < 1.29 is 14.3 Å². The molecule has 1 aromatic carbocycles. The van der Waals surface area contributed by atoms with Gasteiger partial charge >= 0.3 is 0 Å². The van der Waals surface area contributed by atoms with Crippen LogP contribution in [0.5, 0.6) is 11.5 Å². The molecule has 0 N–H and O–H groups in total. The molecular formula is C13H15NO3. The van der Waals surface area contributed by atoms with Gasteiger partial charge in [0, 0.05) is 0 Å². The van der Waals surface area contributed by atoms with Crippen molar-refractivity contribution in [3.8, 4) is 17.6 Å². The van der Waals surface area contributed by atoms with E-state index in [1.165, 1.54) is 14.0 Å². The highest BCUT2D eigenvalue weighted by Crippen LogP contribution is 2.33. The van der Waals surface area contributed by atoms with E-state index >= 15 is 0 Å². The molecule has 0 aliphatic carbocycles. The molecule has 4 nitrogen and oxygen atoms in total. The fourth-order valence-electron chi connectivity index (χ4n) is 1.69. The molecule has 0 spiro atoms. The summed E-state index contributed by atoms with van der Waals surface area (Å²) in [6.45, 7) is 3.24. The maximum Gasteiger partial charge on any atom is 0.161 e. The molecule has 0 saturated heterocycles. The van der Waals surface area contributed by atoms with Crippen molar-refractivity contribution in [1.82, 2.24) is 0 Å². The summed E-state index contributed by atoms with van der Waals surface area (Å²) in [5.41, 5.74) is 1.50. The van der Waals surface area contributed by atoms with Gasteiger partial charge in [0.1, 0.15) is 5.92 Å². The lowest BCUT2D eigenvalue weighted by molar-refractivity contribution is -0.117. The predicted molar refractivity (Wildman–Crippen MR) is 63.3 cm³/mol. The van der Waals surface area contributed by atoms with Crippen LogP contribution >= 0.6 is 0 Å². The normalized spacial score (nSPS) is 11.5. The van der Waals surface area contributed by atoms with Crippen LogP contribution in [0, 0.1) is 18.3 Å². The summed E-state index contributed by atoms with van der Waals surface area (Å²) in [7, 11) is 3.07. The first-order chi connectivity index (χ1) is 8.04. The van der Waals surface area contributed by atoms with Gasteiger partial charge in [-0.1, -0.05) is 0 Å². The van der Waals surface area contributed by atoms with Crippen molar-refractivity contribution >= 4 is 5.78 Å². The minimum atomic E-state index is -0.755. The van der Waals surface area contributed by atoms with Crippen LogP contribution in [0.15, 0.2) is 12.1 Å². The fraction of sp³-hybridized carbons (Fsp3) is 0.385. The molecule has 0 radical (unpaired) electrons. The Kier molecular flexibility index (Phi) is 4.11. The maximum atomic E-state index is 11.4. The Hall–Kier alpha value is -2.02. The number of aryl methyl sites for hydroxylation is 1. The van der Waals surface area contributed by atoms with E-state index in [1.807, 2.05) is 13.0 Å². The van der Waals surface area contributed by atoms with Gasteiger partial charge in [-0.05, 0) is 37.1 Å². The molecule has 4 heteroatoms. The van der Waals surface area contributed by atoms with Gasteiger partial charge in [0.2, 0.25) is 0 Å². The van der Waals surface area contributed by atoms with E-state index in [1.54, 1.807) is 19.2 Å². The molecule has 0 amide bonds.